The first-order valence-electron chi connectivity index (χ1n) is 5.19. The molecule has 1 heterocycles. The fourth-order valence-corrected chi connectivity index (χ4v) is 1.49. The summed E-state index contributed by atoms with van der Waals surface area (Å²) in [5, 5.41) is 11.3. The summed E-state index contributed by atoms with van der Waals surface area (Å²) in [6.45, 7) is 0. The van der Waals surface area contributed by atoms with Crippen LogP contribution in [0.25, 0.3) is 0 Å². The molecule has 0 bridgehead atoms. The lowest BCUT2D eigenvalue weighted by molar-refractivity contribution is 0.0698. The molecular formula is C12H9F2N3O2. The third-order valence-corrected chi connectivity index (χ3v) is 2.43. The third-order valence-electron chi connectivity index (χ3n) is 2.43. The van der Waals surface area contributed by atoms with Gasteiger partial charge in [0.15, 0.2) is 17.5 Å². The van der Waals surface area contributed by atoms with Crippen LogP contribution in [0.3, 0.4) is 0 Å². The molecular weight excluding hydrogens is 256 g/mol. The Hall–Kier alpha value is -2.70. The number of carboxylic acids is 1. The molecule has 4 N–H and O–H groups in total. The largest absolute Gasteiger partial charge is 0.478 e. The molecule has 0 radical (unpaired) electrons. The van der Waals surface area contributed by atoms with Gasteiger partial charge in [0, 0.05) is 6.20 Å². The van der Waals surface area contributed by atoms with E-state index in [4.69, 9.17) is 10.8 Å². The highest BCUT2D eigenvalue weighted by Crippen LogP contribution is 2.26. The summed E-state index contributed by atoms with van der Waals surface area (Å²) in [6.07, 6.45) is 1.21. The number of hydrogen-bond acceptors (Lipinski definition) is 4. The van der Waals surface area contributed by atoms with Gasteiger partial charge in [0.2, 0.25) is 0 Å². The Morgan fingerprint density at radius 3 is 2.74 bits per heavy atom. The smallest absolute Gasteiger partial charge is 0.337 e. The number of nitrogens with one attached hydrogen (secondary N) is 1. The molecule has 5 nitrogen and oxygen atoms in total. The summed E-state index contributed by atoms with van der Waals surface area (Å²) in [5.41, 5.74) is 5.09. The lowest BCUT2D eigenvalue weighted by Crippen LogP contribution is -2.07. The first-order chi connectivity index (χ1) is 9.00. The van der Waals surface area contributed by atoms with Crippen LogP contribution in [0.15, 0.2) is 30.5 Å². The molecule has 1 aromatic heterocycles. The van der Waals surface area contributed by atoms with E-state index in [1.165, 1.54) is 24.4 Å². The van der Waals surface area contributed by atoms with Gasteiger partial charge < -0.3 is 16.2 Å². The maximum atomic E-state index is 13.5. The quantitative estimate of drug-likeness (QED) is 0.793. The molecule has 0 saturated heterocycles. The average Bonchev–Trinajstić information content (AvgIpc) is 2.37. The minimum atomic E-state index is -1.23. The summed E-state index contributed by atoms with van der Waals surface area (Å²) in [6, 6.07) is 4.76. The number of nitrogens with two attached hydrogens (primary N) is 1. The molecule has 0 spiro atoms. The number of nitrogen functional groups attached to an aromatic ring is 1. The number of pyridine rings is 1. The van der Waals surface area contributed by atoms with E-state index in [1.807, 2.05) is 0 Å². The van der Waals surface area contributed by atoms with Gasteiger partial charge in [-0.1, -0.05) is 6.07 Å². The molecule has 0 saturated carbocycles. The van der Waals surface area contributed by atoms with Crippen molar-refractivity contribution >= 4 is 23.2 Å². The SMILES string of the molecule is Nc1c(C(=O)O)ccnc1Nc1cccc(F)c1F. The average molecular weight is 265 g/mol. The second-order valence-corrected chi connectivity index (χ2v) is 3.65. The molecule has 19 heavy (non-hydrogen) atoms. The Kier molecular flexibility index (Phi) is 3.28. The Bertz CT molecular complexity index is 647. The summed E-state index contributed by atoms with van der Waals surface area (Å²) in [5.74, 6) is -3.41. The predicted octanol–water partition coefficient (Wildman–Crippen LogP) is 2.38. The second kappa shape index (κ2) is 4.89. The maximum Gasteiger partial charge on any atom is 0.337 e. The zero-order chi connectivity index (χ0) is 14.0. The van der Waals surface area contributed by atoms with Crippen LogP contribution >= 0.6 is 0 Å². The molecule has 0 unspecified atom stereocenters. The molecule has 7 heteroatoms. The number of carboxylic acid groups (broad SMARTS) is 1. The fraction of sp³-hybridized carbons (Fsp3) is 0. The molecule has 0 aliphatic heterocycles. The van der Waals surface area contributed by atoms with Crippen LogP contribution in [0, 0.1) is 11.6 Å². The predicted molar refractivity (Wildman–Crippen MR) is 65.2 cm³/mol. The van der Waals surface area contributed by atoms with Gasteiger partial charge in [-0.15, -0.1) is 0 Å². The number of benzene rings is 1. The zero-order valence-corrected chi connectivity index (χ0v) is 9.52. The maximum absolute atomic E-state index is 13.5. The number of hydrogen-bond donors (Lipinski definition) is 3. The van der Waals surface area contributed by atoms with Crippen molar-refractivity contribution in [2.45, 2.75) is 0 Å². The molecule has 0 atom stereocenters. The first kappa shape index (κ1) is 12.7. The Balaban J connectivity index is 2.42. The van der Waals surface area contributed by atoms with E-state index >= 15 is 0 Å². The summed E-state index contributed by atoms with van der Waals surface area (Å²) < 4.78 is 26.5. The van der Waals surface area contributed by atoms with Crippen LogP contribution in [-0.4, -0.2) is 16.1 Å². The normalized spacial score (nSPS) is 10.2. The number of rotatable bonds is 3. The molecule has 2 aromatic rings. The van der Waals surface area contributed by atoms with E-state index in [0.717, 1.165) is 6.07 Å². The van der Waals surface area contributed by atoms with Crippen LogP contribution < -0.4 is 11.1 Å². The van der Waals surface area contributed by atoms with Gasteiger partial charge in [-0.3, -0.25) is 0 Å². The lowest BCUT2D eigenvalue weighted by atomic mass is 10.2. The molecule has 2 rings (SSSR count). The Labute approximate surface area is 106 Å². The van der Waals surface area contributed by atoms with Crippen molar-refractivity contribution in [2.75, 3.05) is 11.1 Å². The van der Waals surface area contributed by atoms with E-state index in [2.05, 4.69) is 10.3 Å². The van der Waals surface area contributed by atoms with Crippen LogP contribution in [-0.2, 0) is 0 Å². The summed E-state index contributed by atoms with van der Waals surface area (Å²) >= 11 is 0. The fourth-order valence-electron chi connectivity index (χ4n) is 1.49. The monoisotopic (exact) mass is 265 g/mol. The number of aromatic carboxylic acids is 1. The number of nitrogens with zero attached hydrogens (tertiary/aromatic N) is 1. The van der Waals surface area contributed by atoms with Crippen molar-refractivity contribution < 1.29 is 18.7 Å². The summed E-state index contributed by atoms with van der Waals surface area (Å²) in [4.78, 5) is 14.7. The molecule has 0 aliphatic carbocycles. The number of halogens is 2. The van der Waals surface area contributed by atoms with E-state index in [9.17, 15) is 13.6 Å². The van der Waals surface area contributed by atoms with Gasteiger partial charge in [0.1, 0.15) is 0 Å². The first-order valence-corrected chi connectivity index (χ1v) is 5.19. The third kappa shape index (κ3) is 2.44. The number of anilines is 3. The lowest BCUT2D eigenvalue weighted by Gasteiger charge is -2.10. The minimum absolute atomic E-state index is 0.0515. The molecule has 0 aliphatic rings. The van der Waals surface area contributed by atoms with Crippen molar-refractivity contribution in [1.29, 1.82) is 0 Å². The van der Waals surface area contributed by atoms with Gasteiger partial charge in [-0.25, -0.2) is 18.6 Å². The van der Waals surface area contributed by atoms with E-state index in [-0.39, 0.29) is 22.8 Å². The van der Waals surface area contributed by atoms with Crippen molar-refractivity contribution in [3.05, 3.63) is 47.7 Å². The molecule has 0 amide bonds. The van der Waals surface area contributed by atoms with Crippen LogP contribution in [0.1, 0.15) is 10.4 Å². The van der Waals surface area contributed by atoms with Crippen LogP contribution in [0.2, 0.25) is 0 Å². The molecule has 98 valence electrons. The highest BCUT2D eigenvalue weighted by Gasteiger charge is 2.14. The van der Waals surface area contributed by atoms with Gasteiger partial charge in [0.25, 0.3) is 0 Å². The molecule has 1 aromatic carbocycles. The topological polar surface area (TPSA) is 88.2 Å². The van der Waals surface area contributed by atoms with E-state index < -0.39 is 17.6 Å². The van der Waals surface area contributed by atoms with Gasteiger partial charge in [-0.05, 0) is 18.2 Å². The number of carbonyl (C=O) groups is 1. The molecule has 0 fully saturated rings. The highest BCUT2D eigenvalue weighted by atomic mass is 19.2. The minimum Gasteiger partial charge on any atom is -0.478 e. The van der Waals surface area contributed by atoms with Gasteiger partial charge in [0.05, 0.1) is 16.9 Å². The summed E-state index contributed by atoms with van der Waals surface area (Å²) in [7, 11) is 0. The van der Waals surface area contributed by atoms with E-state index in [0.29, 0.717) is 0 Å². The van der Waals surface area contributed by atoms with Gasteiger partial charge in [-0.2, -0.15) is 0 Å². The Morgan fingerprint density at radius 2 is 2.05 bits per heavy atom. The van der Waals surface area contributed by atoms with Crippen molar-refractivity contribution in [2.24, 2.45) is 0 Å². The standard InChI is InChI=1S/C12H9F2N3O2/c13-7-2-1-3-8(9(7)14)17-11-10(15)6(12(18)19)4-5-16-11/h1-5H,15H2,(H,16,17)(H,18,19). The Morgan fingerprint density at radius 1 is 1.32 bits per heavy atom. The second-order valence-electron chi connectivity index (χ2n) is 3.65. The van der Waals surface area contributed by atoms with Crippen LogP contribution in [0.4, 0.5) is 26.0 Å². The van der Waals surface area contributed by atoms with Crippen molar-refractivity contribution in [1.82, 2.24) is 4.98 Å². The van der Waals surface area contributed by atoms with Gasteiger partial charge >= 0.3 is 5.97 Å². The zero-order valence-electron chi connectivity index (χ0n) is 9.52. The van der Waals surface area contributed by atoms with Crippen molar-refractivity contribution in [3.63, 3.8) is 0 Å². The highest BCUT2D eigenvalue weighted by molar-refractivity contribution is 5.96. The number of aromatic nitrogens is 1. The van der Waals surface area contributed by atoms with E-state index in [1.54, 1.807) is 0 Å². The van der Waals surface area contributed by atoms with Crippen molar-refractivity contribution in [3.8, 4) is 0 Å². The van der Waals surface area contributed by atoms with Crippen LogP contribution in [0.5, 0.6) is 0 Å².